The highest BCUT2D eigenvalue weighted by Gasteiger charge is 2.19. The van der Waals surface area contributed by atoms with E-state index in [0.717, 1.165) is 49.9 Å². The van der Waals surface area contributed by atoms with E-state index in [1.165, 1.54) is 5.56 Å². The van der Waals surface area contributed by atoms with E-state index in [4.69, 9.17) is 0 Å². The first-order valence-electron chi connectivity index (χ1n) is 9.93. The molecule has 1 aromatic heterocycles. The van der Waals surface area contributed by atoms with Crippen molar-refractivity contribution in [3.63, 3.8) is 0 Å². The average Bonchev–Trinajstić information content (AvgIpc) is 2.76. The van der Waals surface area contributed by atoms with Crippen LogP contribution in [0.3, 0.4) is 0 Å². The number of anilines is 4. The van der Waals surface area contributed by atoms with Crippen molar-refractivity contribution in [2.45, 2.75) is 6.54 Å². The fourth-order valence-electron chi connectivity index (χ4n) is 3.45. The summed E-state index contributed by atoms with van der Waals surface area (Å²) >= 11 is 0. The van der Waals surface area contributed by atoms with Gasteiger partial charge in [-0.15, -0.1) is 5.10 Å². The van der Waals surface area contributed by atoms with Gasteiger partial charge in [-0.25, -0.2) is 0 Å². The van der Waals surface area contributed by atoms with Crippen molar-refractivity contribution in [1.29, 1.82) is 0 Å². The monoisotopic (exact) mass is 389 g/mol. The lowest BCUT2D eigenvalue weighted by Crippen LogP contribution is -2.46. The molecule has 0 atom stereocenters. The largest absolute Gasteiger partial charge is 0.378 e. The molecule has 3 aromatic rings. The van der Waals surface area contributed by atoms with Crippen molar-refractivity contribution < 1.29 is 0 Å². The smallest absolute Gasteiger partial charge is 0.249 e. The molecule has 0 spiro atoms. The first-order valence-corrected chi connectivity index (χ1v) is 9.93. The first-order chi connectivity index (χ1) is 14.2. The molecular formula is C22H27N7. The quantitative estimate of drug-likeness (QED) is 0.695. The standard InChI is InChI=1S/C22H27N7/c1-27(2)20-10-8-19(9-11-20)24-22-25-21(16-23-26-22)29-14-12-28(13-15-29)17-18-6-4-3-5-7-18/h3-11,16H,12-15,17H2,1-2H3,(H,24,25,26). The van der Waals surface area contributed by atoms with Gasteiger partial charge in [0.1, 0.15) is 0 Å². The van der Waals surface area contributed by atoms with Gasteiger partial charge in [-0.2, -0.15) is 10.1 Å². The lowest BCUT2D eigenvalue weighted by atomic mass is 10.2. The summed E-state index contributed by atoms with van der Waals surface area (Å²) in [6.45, 7) is 4.87. The van der Waals surface area contributed by atoms with Crippen molar-refractivity contribution in [3.05, 3.63) is 66.4 Å². The Bertz CT molecular complexity index is 904. The maximum atomic E-state index is 4.67. The maximum absolute atomic E-state index is 4.67. The lowest BCUT2D eigenvalue weighted by Gasteiger charge is -2.35. The zero-order valence-electron chi connectivity index (χ0n) is 17.0. The van der Waals surface area contributed by atoms with Crippen molar-refractivity contribution in [3.8, 4) is 0 Å². The summed E-state index contributed by atoms with van der Waals surface area (Å²) in [5, 5.41) is 11.5. The molecule has 1 aliphatic heterocycles. The molecular weight excluding hydrogens is 362 g/mol. The van der Waals surface area contributed by atoms with Gasteiger partial charge in [0.25, 0.3) is 0 Å². The SMILES string of the molecule is CN(C)c1ccc(Nc2nncc(N3CCN(Cc4ccccc4)CC3)n2)cc1. The number of nitrogens with zero attached hydrogens (tertiary/aromatic N) is 6. The van der Waals surface area contributed by atoms with Gasteiger partial charge < -0.3 is 15.1 Å². The Morgan fingerprint density at radius 1 is 0.931 bits per heavy atom. The summed E-state index contributed by atoms with van der Waals surface area (Å²) in [7, 11) is 4.05. The van der Waals surface area contributed by atoms with Gasteiger partial charge in [0.2, 0.25) is 5.95 Å². The molecule has 4 rings (SSSR count). The van der Waals surface area contributed by atoms with Gasteiger partial charge >= 0.3 is 0 Å². The predicted molar refractivity (Wildman–Crippen MR) is 118 cm³/mol. The van der Waals surface area contributed by atoms with Crippen LogP contribution in [0, 0.1) is 0 Å². The van der Waals surface area contributed by atoms with Crippen LogP contribution in [-0.4, -0.2) is 60.4 Å². The van der Waals surface area contributed by atoms with E-state index >= 15 is 0 Å². The van der Waals surface area contributed by atoms with E-state index in [0.29, 0.717) is 5.95 Å². The van der Waals surface area contributed by atoms with Crippen LogP contribution in [0.1, 0.15) is 5.56 Å². The first kappa shape index (κ1) is 19.1. The van der Waals surface area contributed by atoms with Gasteiger partial charge in [0.15, 0.2) is 5.82 Å². The zero-order valence-corrected chi connectivity index (χ0v) is 17.0. The van der Waals surface area contributed by atoms with Crippen LogP contribution in [0.5, 0.6) is 0 Å². The van der Waals surface area contributed by atoms with Crippen LogP contribution < -0.4 is 15.1 Å². The van der Waals surface area contributed by atoms with Crippen LogP contribution in [0.15, 0.2) is 60.8 Å². The minimum Gasteiger partial charge on any atom is -0.378 e. The molecule has 0 aliphatic carbocycles. The molecule has 2 heterocycles. The zero-order chi connectivity index (χ0) is 20.1. The predicted octanol–water partition coefficient (Wildman–Crippen LogP) is 3.00. The molecule has 1 fully saturated rings. The highest BCUT2D eigenvalue weighted by atomic mass is 15.3. The third-order valence-electron chi connectivity index (χ3n) is 5.13. The fourth-order valence-corrected chi connectivity index (χ4v) is 3.45. The summed E-state index contributed by atoms with van der Waals surface area (Å²) < 4.78 is 0. The Labute approximate surface area is 172 Å². The van der Waals surface area contributed by atoms with Crippen molar-refractivity contribution in [1.82, 2.24) is 20.1 Å². The summed E-state index contributed by atoms with van der Waals surface area (Å²) in [5.74, 6) is 1.39. The molecule has 7 nitrogen and oxygen atoms in total. The van der Waals surface area contributed by atoms with E-state index < -0.39 is 0 Å². The van der Waals surface area contributed by atoms with Crippen molar-refractivity contribution in [2.24, 2.45) is 0 Å². The molecule has 1 N–H and O–H groups in total. The Kier molecular flexibility index (Phi) is 5.86. The van der Waals surface area contributed by atoms with E-state index in [1.54, 1.807) is 6.20 Å². The highest BCUT2D eigenvalue weighted by molar-refractivity contribution is 5.59. The fraction of sp³-hybridized carbons (Fsp3) is 0.318. The summed E-state index contributed by atoms with van der Waals surface area (Å²) in [6, 6.07) is 18.8. The third-order valence-corrected chi connectivity index (χ3v) is 5.13. The molecule has 0 bridgehead atoms. The number of piperazine rings is 1. The van der Waals surface area contributed by atoms with E-state index in [1.807, 2.05) is 26.2 Å². The molecule has 0 radical (unpaired) electrons. The van der Waals surface area contributed by atoms with Crippen molar-refractivity contribution in [2.75, 3.05) is 55.4 Å². The van der Waals surface area contributed by atoms with E-state index in [-0.39, 0.29) is 0 Å². The molecule has 1 aliphatic rings. The van der Waals surface area contributed by atoms with Crippen LogP contribution in [0.4, 0.5) is 23.1 Å². The molecule has 29 heavy (non-hydrogen) atoms. The number of rotatable bonds is 6. The Hall–Kier alpha value is -3.19. The van der Waals surface area contributed by atoms with E-state index in [9.17, 15) is 0 Å². The lowest BCUT2D eigenvalue weighted by molar-refractivity contribution is 0.249. The number of nitrogens with one attached hydrogen (secondary N) is 1. The molecule has 7 heteroatoms. The Morgan fingerprint density at radius 2 is 1.66 bits per heavy atom. The topological polar surface area (TPSA) is 60.4 Å². The van der Waals surface area contributed by atoms with Gasteiger partial charge in [-0.3, -0.25) is 4.90 Å². The van der Waals surface area contributed by atoms with Gasteiger partial charge in [-0.1, -0.05) is 30.3 Å². The molecule has 2 aromatic carbocycles. The third kappa shape index (κ3) is 5.00. The number of hydrogen-bond acceptors (Lipinski definition) is 7. The van der Waals surface area contributed by atoms with Crippen LogP contribution in [0.25, 0.3) is 0 Å². The molecule has 0 amide bonds. The van der Waals surface area contributed by atoms with Crippen LogP contribution >= 0.6 is 0 Å². The second-order valence-corrected chi connectivity index (χ2v) is 7.45. The molecule has 1 saturated heterocycles. The summed E-state index contributed by atoms with van der Waals surface area (Å²) in [6.07, 6.45) is 1.74. The molecule has 150 valence electrons. The normalized spacial score (nSPS) is 14.6. The summed E-state index contributed by atoms with van der Waals surface area (Å²) in [4.78, 5) is 11.5. The second-order valence-electron chi connectivity index (χ2n) is 7.45. The Morgan fingerprint density at radius 3 is 2.34 bits per heavy atom. The molecule has 0 saturated carbocycles. The van der Waals surface area contributed by atoms with Gasteiger partial charge in [0, 0.05) is 58.2 Å². The molecule has 0 unspecified atom stereocenters. The van der Waals surface area contributed by atoms with Gasteiger partial charge in [0.05, 0.1) is 6.20 Å². The average molecular weight is 390 g/mol. The van der Waals surface area contributed by atoms with Crippen LogP contribution in [0.2, 0.25) is 0 Å². The van der Waals surface area contributed by atoms with Gasteiger partial charge in [-0.05, 0) is 29.8 Å². The Balaban J connectivity index is 1.35. The minimum absolute atomic E-state index is 0.520. The maximum Gasteiger partial charge on any atom is 0.249 e. The van der Waals surface area contributed by atoms with Crippen LogP contribution in [-0.2, 0) is 6.54 Å². The van der Waals surface area contributed by atoms with E-state index in [2.05, 4.69) is 77.7 Å². The number of benzene rings is 2. The number of aromatic nitrogens is 3. The van der Waals surface area contributed by atoms with Crippen molar-refractivity contribution >= 4 is 23.1 Å². The highest BCUT2D eigenvalue weighted by Crippen LogP contribution is 2.20. The second kappa shape index (κ2) is 8.87. The summed E-state index contributed by atoms with van der Waals surface area (Å²) in [5.41, 5.74) is 3.45. The number of hydrogen-bond donors (Lipinski definition) is 1. The minimum atomic E-state index is 0.520.